The van der Waals surface area contributed by atoms with E-state index in [1.807, 2.05) is 0 Å². The van der Waals surface area contributed by atoms with E-state index >= 15 is 0 Å². The lowest BCUT2D eigenvalue weighted by Crippen LogP contribution is -2.17. The fourth-order valence-electron chi connectivity index (χ4n) is 2.01. The molecule has 1 heterocycles. The van der Waals surface area contributed by atoms with E-state index in [-0.39, 0.29) is 5.91 Å². The second-order valence-electron chi connectivity index (χ2n) is 4.55. The summed E-state index contributed by atoms with van der Waals surface area (Å²) in [6.45, 7) is 1.01. The number of nitrogens with two attached hydrogens (primary N) is 1. The molecule has 2 aromatic rings. The molecule has 6 heteroatoms. The predicted molar refractivity (Wildman–Crippen MR) is 83.9 cm³/mol. The average molecular weight is 349 g/mol. The van der Waals surface area contributed by atoms with Gasteiger partial charge in [-0.2, -0.15) is 0 Å². The van der Waals surface area contributed by atoms with Crippen LogP contribution in [0.25, 0.3) is 0 Å². The number of ether oxygens (including phenoxy) is 2. The monoisotopic (exact) mass is 348 g/mol. The maximum Gasteiger partial charge on any atom is 0.255 e. The van der Waals surface area contributed by atoms with Crippen molar-refractivity contribution in [3.8, 4) is 11.5 Å². The van der Waals surface area contributed by atoms with Crippen molar-refractivity contribution in [3.05, 3.63) is 46.4 Å². The third kappa shape index (κ3) is 2.95. The first-order valence-electron chi connectivity index (χ1n) is 6.39. The number of amides is 1. The van der Waals surface area contributed by atoms with Gasteiger partial charge in [0.25, 0.3) is 5.91 Å². The Morgan fingerprint density at radius 2 is 1.86 bits per heavy atom. The molecule has 0 fully saturated rings. The highest BCUT2D eigenvalue weighted by Crippen LogP contribution is 2.31. The molecule has 3 N–H and O–H groups in total. The van der Waals surface area contributed by atoms with Crippen LogP contribution >= 0.6 is 15.9 Å². The van der Waals surface area contributed by atoms with Gasteiger partial charge in [0.2, 0.25) is 0 Å². The van der Waals surface area contributed by atoms with E-state index in [0.717, 1.165) is 4.47 Å². The lowest BCUT2D eigenvalue weighted by molar-refractivity contribution is 0.102. The molecule has 1 amide bonds. The molecule has 0 bridgehead atoms. The highest BCUT2D eigenvalue weighted by Gasteiger charge is 2.15. The van der Waals surface area contributed by atoms with Crippen LogP contribution in [-0.4, -0.2) is 19.1 Å². The minimum absolute atomic E-state index is 0.225. The number of halogens is 1. The lowest BCUT2D eigenvalue weighted by atomic mass is 10.1. The maximum absolute atomic E-state index is 12.3. The number of anilines is 2. The van der Waals surface area contributed by atoms with E-state index in [2.05, 4.69) is 21.2 Å². The number of nitrogens with one attached hydrogen (secondary N) is 1. The van der Waals surface area contributed by atoms with Crippen molar-refractivity contribution in [2.45, 2.75) is 0 Å². The third-order valence-corrected chi connectivity index (χ3v) is 3.70. The topological polar surface area (TPSA) is 73.6 Å². The average Bonchev–Trinajstić information content (AvgIpc) is 2.49. The van der Waals surface area contributed by atoms with E-state index in [1.54, 1.807) is 36.4 Å². The molecule has 1 aliphatic heterocycles. The van der Waals surface area contributed by atoms with Crippen LogP contribution in [0.1, 0.15) is 10.4 Å². The summed E-state index contributed by atoms with van der Waals surface area (Å²) in [5.41, 5.74) is 7.46. The van der Waals surface area contributed by atoms with Gasteiger partial charge in [0.15, 0.2) is 11.5 Å². The number of benzene rings is 2. The molecule has 0 spiro atoms. The molecule has 3 rings (SSSR count). The Bertz CT molecular complexity index is 703. The Kier molecular flexibility index (Phi) is 3.70. The van der Waals surface area contributed by atoms with Gasteiger partial charge >= 0.3 is 0 Å². The van der Waals surface area contributed by atoms with E-state index in [9.17, 15) is 4.79 Å². The van der Waals surface area contributed by atoms with Gasteiger partial charge in [-0.25, -0.2) is 0 Å². The second-order valence-corrected chi connectivity index (χ2v) is 5.41. The molecule has 1 aliphatic rings. The first-order valence-corrected chi connectivity index (χ1v) is 7.19. The molecule has 2 aromatic carbocycles. The zero-order valence-electron chi connectivity index (χ0n) is 11.1. The van der Waals surface area contributed by atoms with Crippen LogP contribution < -0.4 is 20.5 Å². The Morgan fingerprint density at radius 1 is 1.10 bits per heavy atom. The van der Waals surface area contributed by atoms with Gasteiger partial charge in [-0.05, 0) is 52.3 Å². The standard InChI is InChI=1S/C15H13BrN2O3/c16-11-8-10(17)2-3-12(11)18-15(19)9-1-4-13-14(7-9)21-6-5-20-13/h1-4,7-8H,5-6,17H2,(H,18,19). The Labute approximate surface area is 130 Å². The van der Waals surface area contributed by atoms with E-state index in [4.69, 9.17) is 15.2 Å². The summed E-state index contributed by atoms with van der Waals surface area (Å²) in [4.78, 5) is 12.3. The molecule has 21 heavy (non-hydrogen) atoms. The van der Waals surface area contributed by atoms with Crippen molar-refractivity contribution in [3.63, 3.8) is 0 Å². The van der Waals surface area contributed by atoms with Crippen molar-refractivity contribution in [1.82, 2.24) is 0 Å². The first-order chi connectivity index (χ1) is 10.1. The van der Waals surface area contributed by atoms with Crippen LogP contribution in [0, 0.1) is 0 Å². The van der Waals surface area contributed by atoms with Gasteiger partial charge in [0, 0.05) is 15.7 Å². The van der Waals surface area contributed by atoms with Crippen molar-refractivity contribution < 1.29 is 14.3 Å². The van der Waals surface area contributed by atoms with E-state index in [1.165, 1.54) is 0 Å². The molecule has 108 valence electrons. The van der Waals surface area contributed by atoms with Crippen molar-refractivity contribution in [2.24, 2.45) is 0 Å². The number of carbonyl (C=O) groups is 1. The van der Waals surface area contributed by atoms with Gasteiger partial charge in [-0.1, -0.05) is 0 Å². The third-order valence-electron chi connectivity index (χ3n) is 3.05. The first kappa shape index (κ1) is 13.8. The van der Waals surface area contributed by atoms with E-state index < -0.39 is 0 Å². The summed E-state index contributed by atoms with van der Waals surface area (Å²) in [5, 5.41) is 2.82. The van der Waals surface area contributed by atoms with Crippen LogP contribution in [0.15, 0.2) is 40.9 Å². The summed E-state index contributed by atoms with van der Waals surface area (Å²) in [6, 6.07) is 10.3. The quantitative estimate of drug-likeness (QED) is 0.818. The van der Waals surface area contributed by atoms with Gasteiger partial charge in [0.1, 0.15) is 13.2 Å². The second kappa shape index (κ2) is 5.65. The van der Waals surface area contributed by atoms with Crippen LogP contribution in [0.3, 0.4) is 0 Å². The molecule has 0 aromatic heterocycles. The molecule has 0 radical (unpaired) electrons. The molecule has 0 atom stereocenters. The van der Waals surface area contributed by atoms with Gasteiger partial charge in [0.05, 0.1) is 5.69 Å². The highest BCUT2D eigenvalue weighted by molar-refractivity contribution is 9.10. The molecule has 0 unspecified atom stereocenters. The minimum atomic E-state index is -0.225. The zero-order chi connectivity index (χ0) is 14.8. The van der Waals surface area contributed by atoms with Crippen LogP contribution in [0.2, 0.25) is 0 Å². The number of fused-ring (bicyclic) bond motifs is 1. The molecule has 0 saturated heterocycles. The number of hydrogen-bond acceptors (Lipinski definition) is 4. The van der Waals surface area contributed by atoms with Crippen LogP contribution in [-0.2, 0) is 0 Å². The van der Waals surface area contributed by atoms with Crippen molar-refractivity contribution in [2.75, 3.05) is 24.3 Å². The number of carbonyl (C=O) groups excluding carboxylic acids is 1. The predicted octanol–water partition coefficient (Wildman–Crippen LogP) is 3.05. The van der Waals surface area contributed by atoms with E-state index in [0.29, 0.717) is 41.7 Å². The van der Waals surface area contributed by atoms with Crippen molar-refractivity contribution >= 4 is 33.2 Å². The van der Waals surface area contributed by atoms with Gasteiger partial charge in [-0.3, -0.25) is 4.79 Å². The summed E-state index contributed by atoms with van der Waals surface area (Å²) < 4.78 is 11.6. The minimum Gasteiger partial charge on any atom is -0.486 e. The van der Waals surface area contributed by atoms with Crippen molar-refractivity contribution in [1.29, 1.82) is 0 Å². The molecule has 0 aliphatic carbocycles. The Hall–Kier alpha value is -2.21. The number of hydrogen-bond donors (Lipinski definition) is 2. The fourth-order valence-corrected chi connectivity index (χ4v) is 2.51. The summed E-state index contributed by atoms with van der Waals surface area (Å²) in [6.07, 6.45) is 0. The Balaban J connectivity index is 1.82. The molecule has 5 nitrogen and oxygen atoms in total. The van der Waals surface area contributed by atoms with Gasteiger partial charge < -0.3 is 20.5 Å². The lowest BCUT2D eigenvalue weighted by Gasteiger charge is -2.18. The summed E-state index contributed by atoms with van der Waals surface area (Å²) in [7, 11) is 0. The highest BCUT2D eigenvalue weighted by atomic mass is 79.9. The summed E-state index contributed by atoms with van der Waals surface area (Å²) >= 11 is 3.37. The van der Waals surface area contributed by atoms with Gasteiger partial charge in [-0.15, -0.1) is 0 Å². The number of nitrogen functional groups attached to an aromatic ring is 1. The summed E-state index contributed by atoms with van der Waals surface area (Å²) in [5.74, 6) is 1.02. The smallest absolute Gasteiger partial charge is 0.255 e. The SMILES string of the molecule is Nc1ccc(NC(=O)c2ccc3c(c2)OCCO3)c(Br)c1. The molecule has 0 saturated carbocycles. The van der Waals surface area contributed by atoms with Crippen LogP contribution in [0.5, 0.6) is 11.5 Å². The molecular formula is C15H13BrN2O3. The normalized spacial score (nSPS) is 12.8. The maximum atomic E-state index is 12.3. The van der Waals surface area contributed by atoms with Crippen LogP contribution in [0.4, 0.5) is 11.4 Å². The zero-order valence-corrected chi connectivity index (χ0v) is 12.6. The Morgan fingerprint density at radius 3 is 2.62 bits per heavy atom. The molecular weight excluding hydrogens is 336 g/mol. The number of rotatable bonds is 2. The fraction of sp³-hybridized carbons (Fsp3) is 0.133. The largest absolute Gasteiger partial charge is 0.486 e.